The fraction of sp³-hybridized carbons (Fsp3) is 0.529. The van der Waals surface area contributed by atoms with Crippen LogP contribution in [0.5, 0.6) is 0 Å². The molecular weight excluding hydrogens is 354 g/mol. The highest BCUT2D eigenvalue weighted by Crippen LogP contribution is 2.18. The number of nitrogens with one attached hydrogen (secondary N) is 1. The van der Waals surface area contributed by atoms with Crippen molar-refractivity contribution in [2.24, 2.45) is 0 Å². The maximum absolute atomic E-state index is 12.9. The van der Waals surface area contributed by atoms with Gasteiger partial charge in [-0.05, 0) is 30.7 Å². The summed E-state index contributed by atoms with van der Waals surface area (Å²) in [6, 6.07) is 1.94. The van der Waals surface area contributed by atoms with Crippen LogP contribution in [0.2, 0.25) is 0 Å². The Bertz CT molecular complexity index is 1080. The van der Waals surface area contributed by atoms with Gasteiger partial charge in [0, 0.05) is 12.6 Å². The molecule has 1 saturated carbocycles. The van der Waals surface area contributed by atoms with E-state index in [1.54, 1.807) is 11.4 Å². The first-order valence-electron chi connectivity index (χ1n) is 8.99. The number of carbonyl (C=O) groups excluding carboxylic acids is 1. The van der Waals surface area contributed by atoms with Gasteiger partial charge in [0.1, 0.15) is 11.2 Å². The van der Waals surface area contributed by atoms with Crippen LogP contribution in [0.4, 0.5) is 0 Å². The van der Waals surface area contributed by atoms with Crippen molar-refractivity contribution in [1.29, 1.82) is 0 Å². The Morgan fingerprint density at radius 2 is 2.12 bits per heavy atom. The van der Waals surface area contributed by atoms with Gasteiger partial charge in [-0.25, -0.2) is 13.9 Å². The van der Waals surface area contributed by atoms with Gasteiger partial charge in [-0.2, -0.15) is 0 Å². The lowest BCUT2D eigenvalue weighted by atomic mass is 10.2. The normalized spacial score (nSPS) is 15.3. The number of aromatic nitrogens is 4. The van der Waals surface area contributed by atoms with Crippen LogP contribution in [-0.2, 0) is 17.9 Å². The maximum atomic E-state index is 12.9. The van der Waals surface area contributed by atoms with E-state index in [-0.39, 0.29) is 24.1 Å². The van der Waals surface area contributed by atoms with E-state index in [9.17, 15) is 14.4 Å². The van der Waals surface area contributed by atoms with Crippen LogP contribution in [0.1, 0.15) is 39.0 Å². The molecule has 26 heavy (non-hydrogen) atoms. The van der Waals surface area contributed by atoms with Gasteiger partial charge in [0.05, 0.1) is 5.52 Å². The summed E-state index contributed by atoms with van der Waals surface area (Å²) in [6.07, 6.45) is 4.96. The SMILES string of the molecule is CCCn1c(=O)c2sccc2n2c(=O)n(CC(=O)NC3CCCC3)nc12. The highest BCUT2D eigenvalue weighted by atomic mass is 32.1. The predicted octanol–water partition coefficient (Wildman–Crippen LogP) is 1.34. The van der Waals surface area contributed by atoms with Gasteiger partial charge >= 0.3 is 5.69 Å². The van der Waals surface area contributed by atoms with E-state index in [0.29, 0.717) is 22.5 Å². The topological polar surface area (TPSA) is 90.4 Å². The molecule has 0 spiro atoms. The first-order valence-corrected chi connectivity index (χ1v) is 9.87. The van der Waals surface area contributed by atoms with Crippen LogP contribution < -0.4 is 16.6 Å². The summed E-state index contributed by atoms with van der Waals surface area (Å²) in [5.41, 5.74) is 0.0153. The molecule has 3 aromatic heterocycles. The largest absolute Gasteiger partial charge is 0.352 e. The van der Waals surface area contributed by atoms with Crippen molar-refractivity contribution in [3.05, 3.63) is 32.3 Å². The van der Waals surface area contributed by atoms with Crippen molar-refractivity contribution in [3.8, 4) is 0 Å². The molecule has 1 amide bonds. The standard InChI is InChI=1S/C17H21N5O3S/c1-2-8-20-15(24)14-12(7-9-26-14)22-16(20)19-21(17(22)25)10-13(23)18-11-5-3-4-6-11/h7,9,11H,2-6,8,10H2,1H3,(H,18,23). The van der Waals surface area contributed by atoms with E-state index in [2.05, 4.69) is 10.4 Å². The van der Waals surface area contributed by atoms with Gasteiger partial charge in [-0.1, -0.05) is 19.8 Å². The van der Waals surface area contributed by atoms with E-state index in [0.717, 1.165) is 36.8 Å². The highest BCUT2D eigenvalue weighted by molar-refractivity contribution is 7.17. The number of carbonyl (C=O) groups is 1. The van der Waals surface area contributed by atoms with Crippen LogP contribution in [0.3, 0.4) is 0 Å². The molecule has 138 valence electrons. The Kier molecular flexibility index (Phi) is 4.39. The molecule has 0 aliphatic heterocycles. The smallest absolute Gasteiger partial charge is 0.352 e. The Morgan fingerprint density at radius 3 is 2.85 bits per heavy atom. The second-order valence-corrected chi connectivity index (χ2v) is 7.63. The highest BCUT2D eigenvalue weighted by Gasteiger charge is 2.21. The third kappa shape index (κ3) is 2.76. The zero-order valence-electron chi connectivity index (χ0n) is 14.6. The first kappa shape index (κ1) is 17.0. The number of nitrogens with zero attached hydrogens (tertiary/aromatic N) is 4. The number of amides is 1. The van der Waals surface area contributed by atoms with Crippen LogP contribution >= 0.6 is 11.3 Å². The minimum absolute atomic E-state index is 0.136. The van der Waals surface area contributed by atoms with Crippen LogP contribution in [0.15, 0.2) is 21.0 Å². The molecule has 4 rings (SSSR count). The Hall–Kier alpha value is -2.42. The average Bonchev–Trinajstić information content (AvgIpc) is 3.33. The molecule has 9 heteroatoms. The molecule has 8 nitrogen and oxygen atoms in total. The van der Waals surface area contributed by atoms with Gasteiger partial charge in [0.25, 0.3) is 5.56 Å². The fourth-order valence-electron chi connectivity index (χ4n) is 3.64. The average molecular weight is 375 g/mol. The predicted molar refractivity (Wildman–Crippen MR) is 99.8 cm³/mol. The quantitative estimate of drug-likeness (QED) is 0.729. The van der Waals surface area contributed by atoms with E-state index >= 15 is 0 Å². The summed E-state index contributed by atoms with van der Waals surface area (Å²) in [5.74, 6) is 0.0785. The molecule has 1 aliphatic carbocycles. The molecule has 1 N–H and O–H groups in total. The van der Waals surface area contributed by atoms with Crippen molar-refractivity contribution < 1.29 is 4.79 Å². The number of hydrogen-bond acceptors (Lipinski definition) is 5. The Morgan fingerprint density at radius 1 is 1.35 bits per heavy atom. The minimum Gasteiger partial charge on any atom is -0.352 e. The van der Waals surface area contributed by atoms with Gasteiger partial charge in [0.2, 0.25) is 11.7 Å². The van der Waals surface area contributed by atoms with E-state index in [4.69, 9.17) is 0 Å². The van der Waals surface area contributed by atoms with E-state index in [1.807, 2.05) is 6.92 Å². The van der Waals surface area contributed by atoms with Crippen molar-refractivity contribution in [1.82, 2.24) is 24.1 Å². The van der Waals surface area contributed by atoms with Crippen LogP contribution in [0.25, 0.3) is 16.0 Å². The molecule has 3 aromatic rings. The van der Waals surface area contributed by atoms with Crippen molar-refractivity contribution in [2.45, 2.75) is 58.2 Å². The van der Waals surface area contributed by atoms with Crippen molar-refractivity contribution >= 4 is 33.2 Å². The summed E-state index contributed by atoms with van der Waals surface area (Å²) in [5, 5.41) is 9.07. The van der Waals surface area contributed by atoms with Gasteiger partial charge in [-0.3, -0.25) is 14.2 Å². The number of thiophene rings is 1. The maximum Gasteiger partial charge on any atom is 0.352 e. The van der Waals surface area contributed by atoms with Crippen LogP contribution in [0, 0.1) is 0 Å². The molecule has 0 aromatic carbocycles. The molecule has 1 aliphatic rings. The zero-order chi connectivity index (χ0) is 18.3. The Balaban J connectivity index is 1.78. The summed E-state index contributed by atoms with van der Waals surface area (Å²) in [4.78, 5) is 37.9. The minimum atomic E-state index is -0.394. The number of fused-ring (bicyclic) bond motifs is 3. The molecule has 0 radical (unpaired) electrons. The van der Waals surface area contributed by atoms with E-state index < -0.39 is 5.69 Å². The van der Waals surface area contributed by atoms with Gasteiger partial charge in [0.15, 0.2) is 0 Å². The van der Waals surface area contributed by atoms with Gasteiger partial charge < -0.3 is 5.32 Å². The molecule has 1 fully saturated rings. The number of rotatable bonds is 5. The van der Waals surface area contributed by atoms with Crippen molar-refractivity contribution in [2.75, 3.05) is 0 Å². The third-order valence-corrected chi connectivity index (χ3v) is 5.74. The van der Waals surface area contributed by atoms with Crippen molar-refractivity contribution in [3.63, 3.8) is 0 Å². The molecule has 3 heterocycles. The molecule has 0 atom stereocenters. The summed E-state index contributed by atoms with van der Waals surface area (Å²) < 4.78 is 4.64. The Labute approximate surface area is 153 Å². The fourth-order valence-corrected chi connectivity index (χ4v) is 4.47. The lowest BCUT2D eigenvalue weighted by molar-refractivity contribution is -0.122. The lowest BCUT2D eigenvalue weighted by Gasteiger charge is -2.10. The van der Waals surface area contributed by atoms with Gasteiger partial charge in [-0.15, -0.1) is 16.4 Å². The molecule has 0 unspecified atom stereocenters. The lowest BCUT2D eigenvalue weighted by Crippen LogP contribution is -2.37. The molecule has 0 bridgehead atoms. The zero-order valence-corrected chi connectivity index (χ0v) is 15.4. The second kappa shape index (κ2) is 6.71. The molecular formula is C17H21N5O3S. The monoisotopic (exact) mass is 375 g/mol. The third-order valence-electron chi connectivity index (χ3n) is 4.85. The summed E-state index contributed by atoms with van der Waals surface area (Å²) in [7, 11) is 0. The first-order chi connectivity index (χ1) is 12.6. The van der Waals surface area contributed by atoms with Crippen LogP contribution in [-0.4, -0.2) is 30.7 Å². The summed E-state index contributed by atoms with van der Waals surface area (Å²) >= 11 is 1.31. The number of aryl methyl sites for hydroxylation is 1. The second-order valence-electron chi connectivity index (χ2n) is 6.72. The van der Waals surface area contributed by atoms with E-state index in [1.165, 1.54) is 20.3 Å². The molecule has 0 saturated heterocycles. The number of hydrogen-bond donors (Lipinski definition) is 1. The summed E-state index contributed by atoms with van der Waals surface area (Å²) in [6.45, 7) is 2.30.